The van der Waals surface area contributed by atoms with E-state index in [2.05, 4.69) is 41.4 Å². The predicted octanol–water partition coefficient (Wildman–Crippen LogP) is 3.67. The number of rotatable bonds is 16. The minimum Gasteiger partial charge on any atom is -0.395 e. The highest BCUT2D eigenvalue weighted by Gasteiger charge is 2.05. The molecule has 24 heavy (non-hydrogen) atoms. The molecule has 0 saturated carbocycles. The molecule has 0 aliphatic heterocycles. The number of allylic oxidation sites excluding steroid dienone is 4. The number of carbonyl (C=O) groups excluding carboxylic acids is 1. The molecule has 0 saturated heterocycles. The lowest BCUT2D eigenvalue weighted by Gasteiger charge is -2.21. The first-order chi connectivity index (χ1) is 11.7. The lowest BCUT2D eigenvalue weighted by molar-refractivity contribution is -0.121. The molecule has 0 heterocycles. The van der Waals surface area contributed by atoms with Crippen LogP contribution in [0.25, 0.3) is 0 Å². The van der Waals surface area contributed by atoms with Crippen LogP contribution in [0.5, 0.6) is 0 Å². The second-order valence-electron chi connectivity index (χ2n) is 6.13. The number of unbranched alkanes of at least 4 members (excludes halogenated alkanes) is 4. The molecule has 0 radical (unpaired) electrons. The van der Waals surface area contributed by atoms with Gasteiger partial charge in [0.2, 0.25) is 5.91 Å². The van der Waals surface area contributed by atoms with Crippen LogP contribution in [0.4, 0.5) is 0 Å². The molecule has 0 aromatic heterocycles. The number of hydrogen-bond acceptors (Lipinski definition) is 3. The lowest BCUT2D eigenvalue weighted by atomic mass is 10.2. The van der Waals surface area contributed by atoms with Gasteiger partial charge in [0.25, 0.3) is 0 Å². The molecule has 0 bridgehead atoms. The largest absolute Gasteiger partial charge is 0.395 e. The van der Waals surface area contributed by atoms with Crippen molar-refractivity contribution in [1.29, 1.82) is 0 Å². The summed E-state index contributed by atoms with van der Waals surface area (Å²) in [4.78, 5) is 14.0. The fraction of sp³-hybridized carbons (Fsp3) is 0.750. The number of nitrogens with one attached hydrogen (secondary N) is 1. The summed E-state index contributed by atoms with van der Waals surface area (Å²) in [5.41, 5.74) is 0. The minimum absolute atomic E-state index is 0.141. The van der Waals surface area contributed by atoms with Gasteiger partial charge in [-0.25, -0.2) is 0 Å². The molecule has 0 aliphatic rings. The highest BCUT2D eigenvalue weighted by Crippen LogP contribution is 2.01. The van der Waals surface area contributed by atoms with Crippen LogP contribution in [0.1, 0.15) is 65.2 Å². The van der Waals surface area contributed by atoms with Crippen LogP contribution >= 0.6 is 0 Å². The van der Waals surface area contributed by atoms with E-state index in [-0.39, 0.29) is 12.5 Å². The second-order valence-corrected chi connectivity index (χ2v) is 6.13. The van der Waals surface area contributed by atoms with Crippen molar-refractivity contribution < 1.29 is 9.90 Å². The van der Waals surface area contributed by atoms with Crippen LogP contribution in [-0.2, 0) is 4.79 Å². The van der Waals surface area contributed by atoms with Gasteiger partial charge < -0.3 is 10.4 Å². The van der Waals surface area contributed by atoms with Gasteiger partial charge in [0.1, 0.15) is 0 Å². The summed E-state index contributed by atoms with van der Waals surface area (Å²) in [7, 11) is 0. The van der Waals surface area contributed by atoms with Crippen LogP contribution in [0.2, 0.25) is 0 Å². The quantitative estimate of drug-likeness (QED) is 0.333. The molecule has 0 atom stereocenters. The molecular weight excluding hydrogens is 300 g/mol. The van der Waals surface area contributed by atoms with Gasteiger partial charge in [-0.05, 0) is 52.0 Å². The Kier molecular flexibility index (Phi) is 17.4. The number of aliphatic hydroxyl groups is 1. The van der Waals surface area contributed by atoms with Crippen LogP contribution in [0.15, 0.2) is 24.3 Å². The van der Waals surface area contributed by atoms with Crippen molar-refractivity contribution in [2.24, 2.45) is 0 Å². The molecule has 140 valence electrons. The van der Waals surface area contributed by atoms with E-state index in [1.54, 1.807) is 0 Å². The zero-order valence-corrected chi connectivity index (χ0v) is 15.8. The van der Waals surface area contributed by atoms with Gasteiger partial charge in [-0.3, -0.25) is 9.69 Å². The van der Waals surface area contributed by atoms with Crippen molar-refractivity contribution in [2.75, 3.05) is 32.8 Å². The SMILES string of the molecule is C/C=C/CCCCC(=O)NCCN(CCO)CCC/C=C/CCC. The summed E-state index contributed by atoms with van der Waals surface area (Å²) < 4.78 is 0. The highest BCUT2D eigenvalue weighted by atomic mass is 16.3. The van der Waals surface area contributed by atoms with Gasteiger partial charge in [-0.1, -0.05) is 37.6 Å². The molecule has 0 spiro atoms. The Morgan fingerprint density at radius 2 is 1.75 bits per heavy atom. The van der Waals surface area contributed by atoms with Crippen molar-refractivity contribution in [3.63, 3.8) is 0 Å². The Morgan fingerprint density at radius 1 is 1.00 bits per heavy atom. The standard InChI is InChI=1S/C20H38N2O2/c1-3-5-7-9-11-13-16-22(18-19-23)17-15-21-20(24)14-12-10-8-6-4-2/h4,6-7,9,23H,3,5,8,10-19H2,1-2H3,(H,21,24)/b6-4+,9-7+. The van der Waals surface area contributed by atoms with E-state index in [0.717, 1.165) is 51.6 Å². The van der Waals surface area contributed by atoms with Gasteiger partial charge in [0.15, 0.2) is 0 Å². The molecule has 4 heteroatoms. The average molecular weight is 339 g/mol. The number of carbonyl (C=O) groups is 1. The normalized spacial score (nSPS) is 11.8. The number of aliphatic hydroxyl groups excluding tert-OH is 1. The minimum atomic E-state index is 0.141. The molecule has 0 aromatic rings. The van der Waals surface area contributed by atoms with Crippen LogP contribution < -0.4 is 5.32 Å². The molecule has 2 N–H and O–H groups in total. The number of nitrogens with zero attached hydrogens (tertiary/aromatic N) is 1. The summed E-state index contributed by atoms with van der Waals surface area (Å²) in [6.07, 6.45) is 16.9. The van der Waals surface area contributed by atoms with Crippen LogP contribution in [0, 0.1) is 0 Å². The maximum Gasteiger partial charge on any atom is 0.220 e. The summed E-state index contributed by atoms with van der Waals surface area (Å²) in [5.74, 6) is 0.141. The van der Waals surface area contributed by atoms with Gasteiger partial charge in [-0.2, -0.15) is 0 Å². The topological polar surface area (TPSA) is 52.6 Å². The summed E-state index contributed by atoms with van der Waals surface area (Å²) in [5, 5.41) is 12.1. The smallest absolute Gasteiger partial charge is 0.220 e. The Morgan fingerprint density at radius 3 is 2.46 bits per heavy atom. The molecule has 0 aromatic carbocycles. The average Bonchev–Trinajstić information content (AvgIpc) is 2.57. The molecule has 0 fully saturated rings. The van der Waals surface area contributed by atoms with Crippen molar-refractivity contribution in [2.45, 2.75) is 65.2 Å². The molecule has 0 unspecified atom stereocenters. The maximum absolute atomic E-state index is 11.8. The first-order valence-electron chi connectivity index (χ1n) is 9.60. The van der Waals surface area contributed by atoms with E-state index in [1.165, 1.54) is 6.42 Å². The zero-order valence-electron chi connectivity index (χ0n) is 15.8. The highest BCUT2D eigenvalue weighted by molar-refractivity contribution is 5.75. The Labute approximate surface area is 149 Å². The van der Waals surface area contributed by atoms with Crippen LogP contribution in [-0.4, -0.2) is 48.7 Å². The van der Waals surface area contributed by atoms with E-state index in [4.69, 9.17) is 5.11 Å². The first-order valence-corrected chi connectivity index (χ1v) is 9.60. The molecular formula is C20H38N2O2. The Hall–Kier alpha value is -1.13. The van der Waals surface area contributed by atoms with Crippen molar-refractivity contribution in [1.82, 2.24) is 10.2 Å². The maximum atomic E-state index is 11.8. The van der Waals surface area contributed by atoms with E-state index in [9.17, 15) is 4.79 Å². The molecule has 0 aliphatic carbocycles. The van der Waals surface area contributed by atoms with Gasteiger partial charge in [-0.15, -0.1) is 0 Å². The van der Waals surface area contributed by atoms with Crippen molar-refractivity contribution in [3.8, 4) is 0 Å². The van der Waals surface area contributed by atoms with Crippen molar-refractivity contribution >= 4 is 5.91 Å². The van der Waals surface area contributed by atoms with Crippen LogP contribution in [0.3, 0.4) is 0 Å². The molecule has 0 rings (SSSR count). The fourth-order valence-corrected chi connectivity index (χ4v) is 2.47. The fourth-order valence-electron chi connectivity index (χ4n) is 2.47. The summed E-state index contributed by atoms with van der Waals surface area (Å²) >= 11 is 0. The van der Waals surface area contributed by atoms with Gasteiger partial charge in [0.05, 0.1) is 6.61 Å². The predicted molar refractivity (Wildman–Crippen MR) is 103 cm³/mol. The first kappa shape index (κ1) is 22.9. The molecule has 4 nitrogen and oxygen atoms in total. The van der Waals surface area contributed by atoms with Gasteiger partial charge >= 0.3 is 0 Å². The monoisotopic (exact) mass is 338 g/mol. The number of amides is 1. The third-order valence-corrected chi connectivity index (χ3v) is 3.89. The number of hydrogen-bond donors (Lipinski definition) is 2. The molecule has 1 amide bonds. The van der Waals surface area contributed by atoms with Crippen molar-refractivity contribution in [3.05, 3.63) is 24.3 Å². The lowest BCUT2D eigenvalue weighted by Crippen LogP contribution is -2.36. The third kappa shape index (κ3) is 15.8. The Bertz CT molecular complexity index is 341. The van der Waals surface area contributed by atoms with E-state index in [0.29, 0.717) is 19.5 Å². The zero-order chi connectivity index (χ0) is 17.9. The van der Waals surface area contributed by atoms with E-state index < -0.39 is 0 Å². The second kappa shape index (κ2) is 18.2. The summed E-state index contributed by atoms with van der Waals surface area (Å²) in [6, 6.07) is 0. The Balaban J connectivity index is 3.73. The van der Waals surface area contributed by atoms with E-state index >= 15 is 0 Å². The van der Waals surface area contributed by atoms with E-state index in [1.807, 2.05) is 6.92 Å². The third-order valence-electron chi connectivity index (χ3n) is 3.89. The summed E-state index contributed by atoms with van der Waals surface area (Å²) in [6.45, 7) is 7.50. The van der Waals surface area contributed by atoms with Gasteiger partial charge in [0, 0.05) is 26.1 Å².